The van der Waals surface area contributed by atoms with Crippen LogP contribution in [0.25, 0.3) is 0 Å². The van der Waals surface area contributed by atoms with Gasteiger partial charge in [0.1, 0.15) is 5.82 Å². The Morgan fingerprint density at radius 2 is 2.10 bits per heavy atom. The van der Waals surface area contributed by atoms with Crippen LogP contribution in [0.3, 0.4) is 0 Å². The number of aliphatic hydroxyl groups excluding tert-OH is 1. The van der Waals surface area contributed by atoms with E-state index in [4.69, 9.17) is 5.11 Å². The van der Waals surface area contributed by atoms with E-state index < -0.39 is 0 Å². The van der Waals surface area contributed by atoms with Crippen molar-refractivity contribution in [3.63, 3.8) is 0 Å². The second-order valence-electron chi connectivity index (χ2n) is 5.63. The lowest BCUT2D eigenvalue weighted by Gasteiger charge is -2.23. The zero-order valence-electron chi connectivity index (χ0n) is 12.1. The number of hydrogen-bond donors (Lipinski definition) is 3. The predicted molar refractivity (Wildman–Crippen MR) is 77.0 cm³/mol. The highest BCUT2D eigenvalue weighted by molar-refractivity contribution is 5.73. The molecule has 0 heterocycles. The second-order valence-corrected chi connectivity index (χ2v) is 5.63. The maximum atomic E-state index is 13.0. The van der Waals surface area contributed by atoms with Crippen molar-refractivity contribution in [3.8, 4) is 0 Å². The number of benzene rings is 1. The summed E-state index contributed by atoms with van der Waals surface area (Å²) in [4.78, 5) is 11.6. The Hall–Kier alpha value is -1.62. The molecule has 0 unspecified atom stereocenters. The van der Waals surface area contributed by atoms with Crippen LogP contribution in [-0.4, -0.2) is 30.8 Å². The molecule has 112 valence electrons. The number of rotatable bonds is 7. The van der Waals surface area contributed by atoms with Crippen LogP contribution in [0.1, 0.15) is 25.8 Å². The van der Waals surface area contributed by atoms with E-state index >= 15 is 0 Å². The molecule has 20 heavy (non-hydrogen) atoms. The molecule has 0 aliphatic rings. The molecule has 4 nitrogen and oxygen atoms in total. The maximum absolute atomic E-state index is 13.0. The molecule has 0 aliphatic carbocycles. The summed E-state index contributed by atoms with van der Waals surface area (Å²) in [6.07, 6.45) is 1.22. The summed E-state index contributed by atoms with van der Waals surface area (Å²) >= 11 is 0. The zero-order valence-corrected chi connectivity index (χ0v) is 12.1. The lowest BCUT2D eigenvalue weighted by Crippen LogP contribution is -2.41. The summed E-state index contributed by atoms with van der Waals surface area (Å²) in [5, 5.41) is 14.4. The molecule has 0 fully saturated rings. The molecule has 2 amide bonds. The third-order valence-corrected chi connectivity index (χ3v) is 3.10. The van der Waals surface area contributed by atoms with Gasteiger partial charge < -0.3 is 15.7 Å². The normalized spacial score (nSPS) is 11.2. The van der Waals surface area contributed by atoms with Gasteiger partial charge in [-0.05, 0) is 36.0 Å². The van der Waals surface area contributed by atoms with Crippen molar-refractivity contribution in [2.24, 2.45) is 5.41 Å². The van der Waals surface area contributed by atoms with Gasteiger partial charge in [0.05, 0.1) is 0 Å². The summed E-state index contributed by atoms with van der Waals surface area (Å²) in [7, 11) is 0. The molecule has 1 rings (SSSR count). The standard InChI is InChI=1S/C15H23FN2O2/c1-15(2,7-9-19)11-18-14(20)17-8-6-12-4-3-5-13(16)10-12/h3-5,10,19H,6-9,11H2,1-2H3,(H2,17,18,20). The van der Waals surface area contributed by atoms with Crippen molar-refractivity contribution in [2.75, 3.05) is 19.7 Å². The minimum atomic E-state index is -0.266. The Bertz CT molecular complexity index is 436. The lowest BCUT2D eigenvalue weighted by atomic mass is 9.90. The van der Waals surface area contributed by atoms with Crippen molar-refractivity contribution in [1.29, 1.82) is 0 Å². The number of carbonyl (C=O) groups is 1. The number of halogens is 1. The van der Waals surface area contributed by atoms with Crippen LogP contribution in [0, 0.1) is 11.2 Å². The summed E-state index contributed by atoms with van der Waals surface area (Å²) in [5.74, 6) is -0.266. The first-order valence-corrected chi connectivity index (χ1v) is 6.80. The summed E-state index contributed by atoms with van der Waals surface area (Å²) in [6, 6.07) is 6.10. The van der Waals surface area contributed by atoms with Gasteiger partial charge >= 0.3 is 6.03 Å². The number of carbonyl (C=O) groups excluding carboxylic acids is 1. The SMILES string of the molecule is CC(C)(CCO)CNC(=O)NCCc1cccc(F)c1. The molecule has 3 N–H and O–H groups in total. The first kappa shape index (κ1) is 16.4. The van der Waals surface area contributed by atoms with Gasteiger partial charge in [0.2, 0.25) is 0 Å². The zero-order chi connectivity index (χ0) is 15.0. The van der Waals surface area contributed by atoms with Gasteiger partial charge in [-0.15, -0.1) is 0 Å². The van der Waals surface area contributed by atoms with E-state index in [2.05, 4.69) is 10.6 Å². The Morgan fingerprint density at radius 1 is 1.35 bits per heavy atom. The third-order valence-electron chi connectivity index (χ3n) is 3.10. The molecule has 0 saturated carbocycles. The second kappa shape index (κ2) is 7.85. The topological polar surface area (TPSA) is 61.4 Å². The third kappa shape index (κ3) is 6.52. The predicted octanol–water partition coefficient (Wildman–Crippen LogP) is 2.08. The van der Waals surface area contributed by atoms with E-state index in [1.54, 1.807) is 6.07 Å². The minimum Gasteiger partial charge on any atom is -0.396 e. The van der Waals surface area contributed by atoms with Crippen molar-refractivity contribution in [1.82, 2.24) is 10.6 Å². The average Bonchev–Trinajstić information content (AvgIpc) is 2.37. The van der Waals surface area contributed by atoms with Crippen molar-refractivity contribution >= 4 is 6.03 Å². The van der Waals surface area contributed by atoms with E-state index in [9.17, 15) is 9.18 Å². The molecule has 0 atom stereocenters. The first-order valence-electron chi connectivity index (χ1n) is 6.80. The molecule has 0 aromatic heterocycles. The van der Waals surface area contributed by atoms with E-state index in [0.717, 1.165) is 5.56 Å². The quantitative estimate of drug-likeness (QED) is 0.717. The fourth-order valence-electron chi connectivity index (χ4n) is 1.79. The van der Waals surface area contributed by atoms with Crippen LogP contribution in [-0.2, 0) is 6.42 Å². The maximum Gasteiger partial charge on any atom is 0.314 e. The molecular formula is C15H23FN2O2. The highest BCUT2D eigenvalue weighted by Gasteiger charge is 2.17. The Balaban J connectivity index is 2.23. The number of urea groups is 1. The van der Waals surface area contributed by atoms with Gasteiger partial charge in [-0.3, -0.25) is 0 Å². The molecule has 1 aromatic carbocycles. The number of nitrogens with one attached hydrogen (secondary N) is 2. The van der Waals surface area contributed by atoms with Crippen molar-refractivity contribution < 1.29 is 14.3 Å². The van der Waals surface area contributed by atoms with Gasteiger partial charge in [0.15, 0.2) is 0 Å². The van der Waals surface area contributed by atoms with Crippen LogP contribution in [0.5, 0.6) is 0 Å². The first-order chi connectivity index (χ1) is 9.43. The molecule has 0 aliphatic heterocycles. The number of amides is 2. The monoisotopic (exact) mass is 282 g/mol. The van der Waals surface area contributed by atoms with Gasteiger partial charge in [-0.1, -0.05) is 26.0 Å². The van der Waals surface area contributed by atoms with Gasteiger partial charge in [-0.2, -0.15) is 0 Å². The van der Waals surface area contributed by atoms with Gasteiger partial charge in [-0.25, -0.2) is 9.18 Å². The van der Waals surface area contributed by atoms with Crippen molar-refractivity contribution in [3.05, 3.63) is 35.6 Å². The molecular weight excluding hydrogens is 259 g/mol. The Kier molecular flexibility index (Phi) is 6.45. The Morgan fingerprint density at radius 3 is 2.75 bits per heavy atom. The van der Waals surface area contributed by atoms with Crippen LogP contribution in [0.15, 0.2) is 24.3 Å². The van der Waals surface area contributed by atoms with Crippen LogP contribution in [0.4, 0.5) is 9.18 Å². The fourth-order valence-corrected chi connectivity index (χ4v) is 1.79. The number of hydrogen-bond acceptors (Lipinski definition) is 2. The molecule has 0 bridgehead atoms. The van der Waals surface area contributed by atoms with Crippen LogP contribution >= 0.6 is 0 Å². The molecule has 5 heteroatoms. The largest absolute Gasteiger partial charge is 0.396 e. The van der Waals surface area contributed by atoms with Crippen LogP contribution < -0.4 is 10.6 Å². The highest BCUT2D eigenvalue weighted by atomic mass is 19.1. The fraction of sp³-hybridized carbons (Fsp3) is 0.533. The van der Waals surface area contributed by atoms with Gasteiger partial charge in [0.25, 0.3) is 0 Å². The molecule has 1 aromatic rings. The van der Waals surface area contributed by atoms with E-state index in [1.807, 2.05) is 19.9 Å². The molecule has 0 radical (unpaired) electrons. The summed E-state index contributed by atoms with van der Waals surface area (Å²) in [5.41, 5.74) is 0.722. The van der Waals surface area contributed by atoms with E-state index in [0.29, 0.717) is 25.9 Å². The van der Waals surface area contributed by atoms with Crippen LogP contribution in [0.2, 0.25) is 0 Å². The summed E-state index contributed by atoms with van der Waals surface area (Å²) in [6.45, 7) is 5.03. The van der Waals surface area contributed by atoms with Gasteiger partial charge in [0, 0.05) is 19.7 Å². The lowest BCUT2D eigenvalue weighted by molar-refractivity contribution is 0.201. The summed E-state index contributed by atoms with van der Waals surface area (Å²) < 4.78 is 13.0. The minimum absolute atomic E-state index is 0.107. The number of aliphatic hydroxyl groups is 1. The Labute approximate surface area is 119 Å². The van der Waals surface area contributed by atoms with E-state index in [1.165, 1.54) is 12.1 Å². The smallest absolute Gasteiger partial charge is 0.314 e. The molecule has 0 saturated heterocycles. The average molecular weight is 282 g/mol. The van der Waals surface area contributed by atoms with Crippen molar-refractivity contribution in [2.45, 2.75) is 26.7 Å². The van der Waals surface area contributed by atoms with E-state index in [-0.39, 0.29) is 23.9 Å². The molecule has 0 spiro atoms. The highest BCUT2D eigenvalue weighted by Crippen LogP contribution is 2.17.